The number of hydrogen-bond acceptors (Lipinski definition) is 3. The Morgan fingerprint density at radius 2 is 1.87 bits per heavy atom. The van der Waals surface area contributed by atoms with Crippen LogP contribution < -0.4 is 0 Å². The lowest BCUT2D eigenvalue weighted by molar-refractivity contribution is 0.494. The van der Waals surface area contributed by atoms with Crippen molar-refractivity contribution in [3.05, 3.63) is 88.3 Å². The van der Waals surface area contributed by atoms with Crippen LogP contribution in [0.4, 0.5) is 4.39 Å². The van der Waals surface area contributed by atoms with E-state index in [-0.39, 0.29) is 11.7 Å². The van der Waals surface area contributed by atoms with Crippen molar-refractivity contribution in [3.8, 4) is 5.69 Å². The summed E-state index contributed by atoms with van der Waals surface area (Å²) in [5.74, 6) is -0.0775. The van der Waals surface area contributed by atoms with E-state index in [1.807, 2.05) is 18.2 Å². The van der Waals surface area contributed by atoms with Crippen molar-refractivity contribution in [3.63, 3.8) is 0 Å². The standard InChI is InChI=1S/C23H23FN2O3S/c24-19-11-13-20(14-12-19)26-23-18(10-9-17-5-2-1-3-6-17)7-4-8-21(23)22(25-26)15-16-30(27,28)29/h1-3,5-6,11-16,18H,4,7-10H2,(H,27,28,29)/b16-15+. The van der Waals surface area contributed by atoms with Gasteiger partial charge >= 0.3 is 0 Å². The fraction of sp³-hybridized carbons (Fsp3) is 0.261. The van der Waals surface area contributed by atoms with E-state index in [9.17, 15) is 12.8 Å². The van der Waals surface area contributed by atoms with E-state index in [0.29, 0.717) is 5.69 Å². The highest BCUT2D eigenvalue weighted by molar-refractivity contribution is 7.88. The molecular formula is C23H23FN2O3S. The van der Waals surface area contributed by atoms with Gasteiger partial charge in [-0.25, -0.2) is 9.07 Å². The molecule has 4 rings (SSSR count). The topological polar surface area (TPSA) is 72.2 Å². The lowest BCUT2D eigenvalue weighted by Gasteiger charge is -2.24. The van der Waals surface area contributed by atoms with Crippen molar-refractivity contribution in [1.82, 2.24) is 9.78 Å². The van der Waals surface area contributed by atoms with Crippen LogP contribution in [0.15, 0.2) is 60.0 Å². The van der Waals surface area contributed by atoms with Crippen molar-refractivity contribution >= 4 is 16.2 Å². The average Bonchev–Trinajstić information content (AvgIpc) is 3.11. The number of fused-ring (bicyclic) bond motifs is 1. The number of benzene rings is 2. The first-order chi connectivity index (χ1) is 14.4. The molecule has 0 spiro atoms. The Bertz CT molecular complexity index is 1150. The third-order valence-corrected chi connectivity index (χ3v) is 5.99. The molecule has 1 unspecified atom stereocenters. The highest BCUT2D eigenvalue weighted by Crippen LogP contribution is 2.38. The van der Waals surface area contributed by atoms with E-state index in [0.717, 1.165) is 54.5 Å². The van der Waals surface area contributed by atoms with Gasteiger partial charge < -0.3 is 0 Å². The molecule has 1 N–H and O–H groups in total. The van der Waals surface area contributed by atoms with Crippen molar-refractivity contribution in [1.29, 1.82) is 0 Å². The van der Waals surface area contributed by atoms with E-state index >= 15 is 0 Å². The zero-order valence-electron chi connectivity index (χ0n) is 16.4. The van der Waals surface area contributed by atoms with Gasteiger partial charge in [0.2, 0.25) is 0 Å². The molecule has 0 fully saturated rings. The molecule has 7 heteroatoms. The molecule has 3 aromatic rings. The average molecular weight is 427 g/mol. The summed E-state index contributed by atoms with van der Waals surface area (Å²) in [4.78, 5) is 0. The van der Waals surface area contributed by atoms with Gasteiger partial charge in [0, 0.05) is 11.5 Å². The van der Waals surface area contributed by atoms with Crippen molar-refractivity contribution in [2.75, 3.05) is 0 Å². The Labute approximate surface area is 175 Å². The van der Waals surface area contributed by atoms with Crippen LogP contribution in [0.25, 0.3) is 11.8 Å². The fourth-order valence-electron chi connectivity index (χ4n) is 4.15. The van der Waals surface area contributed by atoms with Crippen LogP contribution in [-0.4, -0.2) is 22.8 Å². The number of rotatable bonds is 6. The Balaban J connectivity index is 1.74. The first-order valence-corrected chi connectivity index (χ1v) is 11.5. The SMILES string of the molecule is O=S(=O)(O)/C=C/c1nn(-c2ccc(F)cc2)c2c1CCCC2CCc1ccccc1. The maximum atomic E-state index is 13.4. The zero-order valence-corrected chi connectivity index (χ0v) is 17.2. The molecule has 0 saturated heterocycles. The van der Waals surface area contributed by atoms with Gasteiger partial charge in [0.1, 0.15) is 5.82 Å². The van der Waals surface area contributed by atoms with Crippen LogP contribution in [-0.2, 0) is 23.0 Å². The number of aromatic nitrogens is 2. The molecule has 5 nitrogen and oxygen atoms in total. The predicted molar refractivity (Wildman–Crippen MR) is 115 cm³/mol. The van der Waals surface area contributed by atoms with Crippen LogP contribution in [0.5, 0.6) is 0 Å². The third-order valence-electron chi connectivity index (χ3n) is 5.51. The maximum Gasteiger partial charge on any atom is 0.287 e. The molecule has 30 heavy (non-hydrogen) atoms. The summed E-state index contributed by atoms with van der Waals surface area (Å²) in [7, 11) is -4.25. The van der Waals surface area contributed by atoms with Gasteiger partial charge in [0.15, 0.2) is 0 Å². The Kier molecular flexibility index (Phi) is 5.83. The fourth-order valence-corrected chi connectivity index (χ4v) is 4.45. The molecule has 0 aliphatic heterocycles. The maximum absolute atomic E-state index is 13.4. The lowest BCUT2D eigenvalue weighted by atomic mass is 9.83. The smallest absolute Gasteiger partial charge is 0.282 e. The first-order valence-electron chi connectivity index (χ1n) is 9.98. The van der Waals surface area contributed by atoms with Gasteiger partial charge in [-0.05, 0) is 68.0 Å². The van der Waals surface area contributed by atoms with E-state index < -0.39 is 10.1 Å². The molecular weight excluding hydrogens is 403 g/mol. The van der Waals surface area contributed by atoms with Crippen LogP contribution in [0.3, 0.4) is 0 Å². The summed E-state index contributed by atoms with van der Waals surface area (Å²) in [5, 5.41) is 5.39. The first kappa shape index (κ1) is 20.5. The lowest BCUT2D eigenvalue weighted by Crippen LogP contribution is -2.15. The van der Waals surface area contributed by atoms with Crippen LogP contribution >= 0.6 is 0 Å². The minimum absolute atomic E-state index is 0.249. The summed E-state index contributed by atoms with van der Waals surface area (Å²) in [5.41, 5.74) is 4.55. The molecule has 156 valence electrons. The minimum Gasteiger partial charge on any atom is -0.282 e. The summed E-state index contributed by atoms with van der Waals surface area (Å²) in [6.07, 6.45) is 5.97. The van der Waals surface area contributed by atoms with E-state index in [1.165, 1.54) is 23.8 Å². The quantitative estimate of drug-likeness (QED) is 0.568. The molecule has 2 aromatic carbocycles. The normalized spacial score (nSPS) is 16.7. The molecule has 1 aliphatic carbocycles. The van der Waals surface area contributed by atoms with Gasteiger partial charge in [0.05, 0.1) is 22.5 Å². The number of halogens is 1. The van der Waals surface area contributed by atoms with Crippen LogP contribution in [0.2, 0.25) is 0 Å². The van der Waals surface area contributed by atoms with Gasteiger partial charge in [-0.15, -0.1) is 0 Å². The number of hydrogen-bond donors (Lipinski definition) is 1. The van der Waals surface area contributed by atoms with Crippen molar-refractivity contribution in [2.45, 2.75) is 38.0 Å². The van der Waals surface area contributed by atoms with E-state index in [1.54, 1.807) is 16.8 Å². The summed E-state index contributed by atoms with van der Waals surface area (Å²) >= 11 is 0. The predicted octanol–water partition coefficient (Wildman–Crippen LogP) is 4.92. The van der Waals surface area contributed by atoms with E-state index in [4.69, 9.17) is 4.55 Å². The van der Waals surface area contributed by atoms with Crippen LogP contribution in [0.1, 0.15) is 47.7 Å². The monoisotopic (exact) mass is 426 g/mol. The molecule has 0 bridgehead atoms. The van der Waals surface area contributed by atoms with E-state index in [2.05, 4.69) is 17.2 Å². The minimum atomic E-state index is -4.25. The molecule has 0 saturated carbocycles. The molecule has 1 aliphatic rings. The summed E-state index contributed by atoms with van der Waals surface area (Å²) in [6.45, 7) is 0. The second-order valence-electron chi connectivity index (χ2n) is 7.57. The zero-order chi connectivity index (χ0) is 21.1. The van der Waals surface area contributed by atoms with Gasteiger partial charge in [-0.3, -0.25) is 4.55 Å². The Morgan fingerprint density at radius 3 is 2.57 bits per heavy atom. The molecule has 0 amide bonds. The second-order valence-corrected chi connectivity index (χ2v) is 8.87. The molecule has 1 atom stereocenters. The summed E-state index contributed by atoms with van der Waals surface area (Å²) < 4.78 is 46.8. The highest BCUT2D eigenvalue weighted by Gasteiger charge is 2.28. The molecule has 1 heterocycles. The Hall–Kier alpha value is -2.77. The van der Waals surface area contributed by atoms with Gasteiger partial charge in [-0.2, -0.15) is 13.5 Å². The van der Waals surface area contributed by atoms with Crippen molar-refractivity contribution in [2.24, 2.45) is 0 Å². The Morgan fingerprint density at radius 1 is 1.13 bits per heavy atom. The second kappa shape index (κ2) is 8.53. The number of aryl methyl sites for hydroxylation is 1. The number of nitrogens with zero attached hydrogens (tertiary/aromatic N) is 2. The third kappa shape index (κ3) is 4.68. The van der Waals surface area contributed by atoms with Gasteiger partial charge in [-0.1, -0.05) is 30.3 Å². The summed E-state index contributed by atoms with van der Waals surface area (Å²) in [6, 6.07) is 16.4. The largest absolute Gasteiger partial charge is 0.287 e. The van der Waals surface area contributed by atoms with Gasteiger partial charge in [0.25, 0.3) is 10.1 Å². The van der Waals surface area contributed by atoms with Crippen molar-refractivity contribution < 1.29 is 17.4 Å². The molecule has 0 radical (unpaired) electrons. The van der Waals surface area contributed by atoms with Crippen LogP contribution in [0, 0.1) is 5.82 Å². The molecule has 1 aromatic heterocycles. The highest BCUT2D eigenvalue weighted by atomic mass is 32.2.